The zero-order valence-corrected chi connectivity index (χ0v) is 20.7. The largest absolute Gasteiger partial charge is 0.491 e. The van der Waals surface area contributed by atoms with Gasteiger partial charge in [-0.25, -0.2) is 4.79 Å². The van der Waals surface area contributed by atoms with E-state index in [0.29, 0.717) is 5.56 Å². The Labute approximate surface area is 194 Å². The summed E-state index contributed by atoms with van der Waals surface area (Å²) in [7, 11) is 0. The van der Waals surface area contributed by atoms with E-state index in [1.807, 2.05) is 39.8 Å². The molecule has 0 bridgehead atoms. The highest BCUT2D eigenvalue weighted by atomic mass is 32.1. The van der Waals surface area contributed by atoms with Gasteiger partial charge in [-0.3, -0.25) is 0 Å². The molecule has 4 nitrogen and oxygen atoms in total. The minimum Gasteiger partial charge on any atom is -0.491 e. The van der Waals surface area contributed by atoms with Gasteiger partial charge in [-0.05, 0) is 66.0 Å². The van der Waals surface area contributed by atoms with Gasteiger partial charge in [0.05, 0.1) is 11.7 Å². The normalized spacial score (nSPS) is 13.3. The fraction of sp³-hybridized carbons (Fsp3) is 0.444. The first-order chi connectivity index (χ1) is 15.0. The number of ether oxygens (including phenoxy) is 1. The topological polar surface area (TPSA) is 66.8 Å². The number of rotatable bonds is 8. The highest BCUT2D eigenvalue weighted by Gasteiger charge is 2.33. The van der Waals surface area contributed by atoms with Gasteiger partial charge in [0.25, 0.3) is 0 Å². The lowest BCUT2D eigenvalue weighted by atomic mass is 9.74. The van der Waals surface area contributed by atoms with E-state index in [0.717, 1.165) is 34.2 Å². The van der Waals surface area contributed by atoms with Crippen LogP contribution in [-0.4, -0.2) is 28.9 Å². The van der Waals surface area contributed by atoms with Gasteiger partial charge in [0.2, 0.25) is 0 Å². The van der Waals surface area contributed by atoms with Crippen LogP contribution in [0.2, 0.25) is 0 Å². The quantitative estimate of drug-likeness (QED) is 0.393. The number of benzene rings is 2. The smallest absolute Gasteiger partial charge is 0.335 e. The molecule has 1 heterocycles. The third-order valence-corrected chi connectivity index (χ3v) is 7.87. The number of thiophene rings is 1. The van der Waals surface area contributed by atoms with E-state index in [2.05, 4.69) is 32.0 Å². The second-order valence-corrected chi connectivity index (χ2v) is 10.7. The van der Waals surface area contributed by atoms with E-state index in [1.165, 1.54) is 10.4 Å². The van der Waals surface area contributed by atoms with E-state index in [1.54, 1.807) is 23.5 Å². The lowest BCUT2D eigenvalue weighted by Gasteiger charge is -2.32. The number of aryl methyl sites for hydroxylation is 1. The average molecular weight is 455 g/mol. The minimum atomic E-state index is -0.901. The number of carboxylic acid groups (broad SMARTS) is 1. The molecule has 32 heavy (non-hydrogen) atoms. The molecule has 0 aliphatic rings. The lowest BCUT2D eigenvalue weighted by Crippen LogP contribution is -2.32. The maximum atomic E-state index is 11.4. The molecule has 0 spiro atoms. The molecule has 2 aromatic carbocycles. The van der Waals surface area contributed by atoms with Gasteiger partial charge < -0.3 is 14.9 Å². The molecule has 0 aliphatic heterocycles. The van der Waals surface area contributed by atoms with Crippen molar-refractivity contribution in [2.24, 2.45) is 5.41 Å². The van der Waals surface area contributed by atoms with Gasteiger partial charge in [0.15, 0.2) is 0 Å². The summed E-state index contributed by atoms with van der Waals surface area (Å²) in [5.74, 6) is -0.109. The Morgan fingerprint density at radius 3 is 2.31 bits per heavy atom. The molecule has 172 valence electrons. The van der Waals surface area contributed by atoms with Gasteiger partial charge in [0, 0.05) is 15.0 Å². The average Bonchev–Trinajstić information content (AvgIpc) is 3.17. The van der Waals surface area contributed by atoms with Crippen molar-refractivity contribution in [2.45, 2.75) is 65.9 Å². The molecule has 1 unspecified atom stereocenters. The van der Waals surface area contributed by atoms with Crippen molar-refractivity contribution in [2.75, 3.05) is 6.61 Å². The predicted molar refractivity (Wildman–Crippen MR) is 132 cm³/mol. The van der Waals surface area contributed by atoms with E-state index in [-0.39, 0.29) is 17.4 Å². The van der Waals surface area contributed by atoms with E-state index in [4.69, 9.17) is 4.74 Å². The minimum absolute atomic E-state index is 0.152. The number of carboxylic acids is 1. The number of carbonyl (C=O) groups is 1. The standard InChI is InChI=1S/C27H34O4S/c1-7-27(8-2,24-15-18-9-10-19(25(29)30)14-22(18)32-24)20-11-12-21(17(3)13-20)31-16-23(28)26(4,5)6/h9-15,23,28H,7-8,16H2,1-6H3,(H,29,30). The molecule has 3 aromatic rings. The SMILES string of the molecule is CCC(CC)(c1ccc(OCC(O)C(C)(C)C)c(C)c1)c1cc2ccc(C(=O)O)cc2s1. The van der Waals surface area contributed by atoms with Crippen LogP contribution in [0.1, 0.15) is 73.8 Å². The number of aliphatic hydroxyl groups excluding tert-OH is 1. The summed E-state index contributed by atoms with van der Waals surface area (Å²) in [5, 5.41) is 20.7. The molecule has 1 atom stereocenters. The highest BCUT2D eigenvalue weighted by Crippen LogP contribution is 2.45. The first-order valence-corrected chi connectivity index (χ1v) is 12.0. The fourth-order valence-electron chi connectivity index (χ4n) is 4.08. The Kier molecular flexibility index (Phi) is 7.01. The van der Waals surface area contributed by atoms with E-state index >= 15 is 0 Å². The van der Waals surface area contributed by atoms with Gasteiger partial charge in [-0.2, -0.15) is 0 Å². The summed E-state index contributed by atoms with van der Waals surface area (Å²) in [5.41, 5.74) is 2.22. The van der Waals surface area contributed by atoms with Crippen LogP contribution in [0.4, 0.5) is 0 Å². The lowest BCUT2D eigenvalue weighted by molar-refractivity contribution is 0.0216. The van der Waals surface area contributed by atoms with Crippen molar-refractivity contribution >= 4 is 27.4 Å². The van der Waals surface area contributed by atoms with Crippen LogP contribution < -0.4 is 4.74 Å². The van der Waals surface area contributed by atoms with Crippen LogP contribution >= 0.6 is 11.3 Å². The Hall–Kier alpha value is -2.37. The zero-order chi connectivity index (χ0) is 23.7. The summed E-state index contributed by atoms with van der Waals surface area (Å²) in [6.45, 7) is 12.7. The molecule has 0 radical (unpaired) electrons. The zero-order valence-electron chi connectivity index (χ0n) is 19.9. The van der Waals surface area contributed by atoms with Crippen LogP contribution in [-0.2, 0) is 5.41 Å². The van der Waals surface area contributed by atoms with Crippen molar-refractivity contribution in [3.05, 3.63) is 64.0 Å². The molecule has 0 amide bonds. The second kappa shape index (κ2) is 9.24. The van der Waals surface area contributed by atoms with Gasteiger partial charge in [-0.15, -0.1) is 11.3 Å². The highest BCUT2D eigenvalue weighted by molar-refractivity contribution is 7.19. The maximum Gasteiger partial charge on any atom is 0.335 e. The summed E-state index contributed by atoms with van der Waals surface area (Å²) in [6.07, 6.45) is 1.33. The summed E-state index contributed by atoms with van der Waals surface area (Å²) in [4.78, 5) is 12.6. The number of aliphatic hydroxyl groups is 1. The molecule has 0 fully saturated rings. The third-order valence-electron chi connectivity index (χ3n) is 6.57. The summed E-state index contributed by atoms with van der Waals surface area (Å²) >= 11 is 1.68. The summed E-state index contributed by atoms with van der Waals surface area (Å²) < 4.78 is 6.95. The van der Waals surface area contributed by atoms with E-state index < -0.39 is 12.1 Å². The van der Waals surface area contributed by atoms with Crippen molar-refractivity contribution < 1.29 is 19.7 Å². The molecule has 3 rings (SSSR count). The molecule has 0 saturated carbocycles. The molecule has 0 saturated heterocycles. The monoisotopic (exact) mass is 454 g/mol. The molecular formula is C27H34O4S. The Balaban J connectivity index is 1.96. The second-order valence-electron chi connectivity index (χ2n) is 9.63. The summed E-state index contributed by atoms with van der Waals surface area (Å²) in [6, 6.07) is 13.9. The first-order valence-electron chi connectivity index (χ1n) is 11.2. The number of fused-ring (bicyclic) bond motifs is 1. The Morgan fingerprint density at radius 1 is 1.06 bits per heavy atom. The Morgan fingerprint density at radius 2 is 1.75 bits per heavy atom. The van der Waals surface area contributed by atoms with Gasteiger partial charge in [-0.1, -0.05) is 52.8 Å². The van der Waals surface area contributed by atoms with Crippen LogP contribution in [0, 0.1) is 12.3 Å². The third kappa shape index (κ3) is 4.69. The molecule has 1 aromatic heterocycles. The van der Waals surface area contributed by atoms with Gasteiger partial charge >= 0.3 is 5.97 Å². The van der Waals surface area contributed by atoms with Crippen LogP contribution in [0.15, 0.2) is 42.5 Å². The van der Waals surface area contributed by atoms with E-state index in [9.17, 15) is 15.0 Å². The van der Waals surface area contributed by atoms with Crippen molar-refractivity contribution in [1.29, 1.82) is 0 Å². The van der Waals surface area contributed by atoms with Crippen LogP contribution in [0.25, 0.3) is 10.1 Å². The Bertz CT molecular complexity index is 1100. The molecule has 0 aliphatic carbocycles. The fourth-order valence-corrected chi connectivity index (χ4v) is 5.53. The van der Waals surface area contributed by atoms with Gasteiger partial charge in [0.1, 0.15) is 12.4 Å². The molecular weight excluding hydrogens is 420 g/mol. The van der Waals surface area contributed by atoms with Crippen molar-refractivity contribution in [1.82, 2.24) is 0 Å². The molecule has 2 N–H and O–H groups in total. The molecule has 5 heteroatoms. The van der Waals surface area contributed by atoms with Crippen molar-refractivity contribution in [3.63, 3.8) is 0 Å². The maximum absolute atomic E-state index is 11.4. The number of aromatic carboxylic acids is 1. The first kappa shape index (κ1) is 24.3. The number of hydrogen-bond acceptors (Lipinski definition) is 4. The van der Waals surface area contributed by atoms with Crippen LogP contribution in [0.5, 0.6) is 5.75 Å². The van der Waals surface area contributed by atoms with Crippen LogP contribution in [0.3, 0.4) is 0 Å². The predicted octanol–water partition coefficient (Wildman–Crippen LogP) is 6.80. The van der Waals surface area contributed by atoms with Crippen molar-refractivity contribution in [3.8, 4) is 5.75 Å². The number of hydrogen-bond donors (Lipinski definition) is 2.